The Morgan fingerprint density at radius 1 is 0.415 bits per heavy atom. The normalized spacial score (nSPS) is 11.4. The molecule has 0 amide bonds. The second kappa shape index (κ2) is 9.81. The van der Waals surface area contributed by atoms with Gasteiger partial charge in [0.05, 0.1) is 21.4 Å². The Balaban J connectivity index is 1.25. The zero-order valence-corrected chi connectivity index (χ0v) is 23.0. The van der Waals surface area contributed by atoms with E-state index in [9.17, 15) is 0 Å². The number of benzene rings is 6. The molecular weight excluding hydrogens is 516 g/mol. The summed E-state index contributed by atoms with van der Waals surface area (Å²) in [6.07, 6.45) is 0. The van der Waals surface area contributed by atoms with Crippen molar-refractivity contribution in [1.82, 2.24) is 9.97 Å². The molecule has 0 N–H and O–H groups in total. The van der Waals surface area contributed by atoms with Gasteiger partial charge < -0.3 is 0 Å². The molecule has 8 aromatic rings. The number of pyridine rings is 1. The SMILES string of the molecule is c1ccc(-c2nc3ccccc3c3c(-c4cccc(-c5ccc(-c6nc7ccccc7s6)cc5)c4)cccc23)cc1. The Bertz CT molecular complexity index is 2160. The molecule has 2 heterocycles. The van der Waals surface area contributed by atoms with Crippen LogP contribution in [0.3, 0.4) is 0 Å². The highest BCUT2D eigenvalue weighted by Crippen LogP contribution is 2.39. The lowest BCUT2D eigenvalue weighted by atomic mass is 9.91. The predicted molar refractivity (Wildman–Crippen MR) is 174 cm³/mol. The van der Waals surface area contributed by atoms with E-state index in [1.165, 1.54) is 37.7 Å². The molecule has 3 heteroatoms. The quantitative estimate of drug-likeness (QED) is 0.208. The van der Waals surface area contributed by atoms with Crippen LogP contribution in [0, 0.1) is 0 Å². The van der Waals surface area contributed by atoms with Gasteiger partial charge in [-0.2, -0.15) is 0 Å². The number of hydrogen-bond donors (Lipinski definition) is 0. The maximum Gasteiger partial charge on any atom is 0.124 e. The van der Waals surface area contributed by atoms with E-state index in [-0.39, 0.29) is 0 Å². The molecule has 0 atom stereocenters. The summed E-state index contributed by atoms with van der Waals surface area (Å²) < 4.78 is 1.22. The molecule has 0 aliphatic carbocycles. The Labute approximate surface area is 242 Å². The van der Waals surface area contributed by atoms with Gasteiger partial charge in [0.1, 0.15) is 5.01 Å². The van der Waals surface area contributed by atoms with Crippen LogP contribution in [0.2, 0.25) is 0 Å². The third kappa shape index (κ3) is 4.19. The second-order valence-electron chi connectivity index (χ2n) is 10.2. The maximum absolute atomic E-state index is 5.12. The fourth-order valence-corrected chi connectivity index (χ4v) is 6.70. The molecule has 2 nitrogen and oxygen atoms in total. The molecule has 41 heavy (non-hydrogen) atoms. The van der Waals surface area contributed by atoms with Gasteiger partial charge in [0.15, 0.2) is 0 Å². The number of aromatic nitrogens is 2. The lowest BCUT2D eigenvalue weighted by molar-refractivity contribution is 1.43. The van der Waals surface area contributed by atoms with Crippen molar-refractivity contribution < 1.29 is 0 Å². The summed E-state index contributed by atoms with van der Waals surface area (Å²) in [4.78, 5) is 9.95. The van der Waals surface area contributed by atoms with Gasteiger partial charge in [0.2, 0.25) is 0 Å². The van der Waals surface area contributed by atoms with Crippen molar-refractivity contribution in [2.45, 2.75) is 0 Å². The van der Waals surface area contributed by atoms with Crippen molar-refractivity contribution >= 4 is 43.2 Å². The highest BCUT2D eigenvalue weighted by Gasteiger charge is 2.15. The summed E-state index contributed by atoms with van der Waals surface area (Å²) in [6, 6.07) is 51.5. The molecular formula is C38H24N2S. The third-order valence-corrected chi connectivity index (χ3v) is 8.79. The average molecular weight is 541 g/mol. The summed E-state index contributed by atoms with van der Waals surface area (Å²) in [5, 5.41) is 4.62. The summed E-state index contributed by atoms with van der Waals surface area (Å²) in [6.45, 7) is 0. The van der Waals surface area contributed by atoms with E-state index in [0.29, 0.717) is 0 Å². The molecule has 0 unspecified atom stereocenters. The van der Waals surface area contributed by atoms with Gasteiger partial charge in [-0.3, -0.25) is 0 Å². The summed E-state index contributed by atoms with van der Waals surface area (Å²) in [5.41, 5.74) is 10.1. The van der Waals surface area contributed by atoms with Crippen molar-refractivity contribution in [3.05, 3.63) is 146 Å². The summed E-state index contributed by atoms with van der Waals surface area (Å²) in [7, 11) is 0. The molecule has 0 spiro atoms. The Hall–Kier alpha value is -5.12. The lowest BCUT2D eigenvalue weighted by Crippen LogP contribution is -1.92. The highest BCUT2D eigenvalue weighted by atomic mass is 32.1. The van der Waals surface area contributed by atoms with Gasteiger partial charge in [-0.1, -0.05) is 121 Å². The molecule has 0 bridgehead atoms. The van der Waals surface area contributed by atoms with Crippen LogP contribution in [0.15, 0.2) is 146 Å². The molecule has 6 aromatic carbocycles. The van der Waals surface area contributed by atoms with E-state index in [1.54, 1.807) is 11.3 Å². The summed E-state index contributed by atoms with van der Waals surface area (Å²) >= 11 is 1.74. The predicted octanol–water partition coefficient (Wildman–Crippen LogP) is 10.7. The highest BCUT2D eigenvalue weighted by molar-refractivity contribution is 7.21. The number of fused-ring (bicyclic) bond motifs is 4. The van der Waals surface area contributed by atoms with E-state index in [4.69, 9.17) is 9.97 Å². The zero-order chi connectivity index (χ0) is 27.2. The molecule has 0 saturated carbocycles. The van der Waals surface area contributed by atoms with Gasteiger partial charge >= 0.3 is 0 Å². The van der Waals surface area contributed by atoms with Crippen LogP contribution in [-0.2, 0) is 0 Å². The Morgan fingerprint density at radius 3 is 1.93 bits per heavy atom. The minimum Gasteiger partial charge on any atom is -0.247 e. The number of rotatable bonds is 4. The number of hydrogen-bond acceptors (Lipinski definition) is 3. The fraction of sp³-hybridized carbons (Fsp3) is 0. The van der Waals surface area contributed by atoms with E-state index in [1.807, 2.05) is 6.07 Å². The van der Waals surface area contributed by atoms with Gasteiger partial charge in [-0.05, 0) is 46.5 Å². The number of nitrogens with zero attached hydrogens (tertiary/aromatic N) is 2. The van der Waals surface area contributed by atoms with Gasteiger partial charge in [-0.15, -0.1) is 11.3 Å². The van der Waals surface area contributed by atoms with Crippen LogP contribution in [0.4, 0.5) is 0 Å². The number of para-hydroxylation sites is 2. The third-order valence-electron chi connectivity index (χ3n) is 7.71. The molecule has 0 fully saturated rings. The topological polar surface area (TPSA) is 25.8 Å². The second-order valence-corrected chi connectivity index (χ2v) is 11.2. The smallest absolute Gasteiger partial charge is 0.124 e. The van der Waals surface area contributed by atoms with E-state index in [2.05, 4.69) is 140 Å². The van der Waals surface area contributed by atoms with Crippen molar-refractivity contribution in [2.24, 2.45) is 0 Å². The first kappa shape index (κ1) is 23.7. The standard InChI is InChI=1S/C38H24N2S/c1-2-10-26(11-3-1)37-32-16-9-15-30(36(32)31-14-4-5-17-33(31)39-37)29-13-8-12-28(24-29)25-20-22-27(23-21-25)38-40-34-18-6-7-19-35(34)41-38/h1-24H. The van der Waals surface area contributed by atoms with Crippen LogP contribution in [0.1, 0.15) is 0 Å². The maximum atomic E-state index is 5.12. The fourth-order valence-electron chi connectivity index (χ4n) is 5.73. The molecule has 2 aromatic heterocycles. The lowest BCUT2D eigenvalue weighted by Gasteiger charge is -2.15. The largest absolute Gasteiger partial charge is 0.247 e. The molecule has 0 aliphatic rings. The van der Waals surface area contributed by atoms with Crippen molar-refractivity contribution in [1.29, 1.82) is 0 Å². The van der Waals surface area contributed by atoms with Crippen LogP contribution in [0.5, 0.6) is 0 Å². The first-order valence-electron chi connectivity index (χ1n) is 13.8. The monoisotopic (exact) mass is 540 g/mol. The van der Waals surface area contributed by atoms with Crippen molar-refractivity contribution in [2.75, 3.05) is 0 Å². The van der Waals surface area contributed by atoms with E-state index < -0.39 is 0 Å². The van der Waals surface area contributed by atoms with Crippen LogP contribution < -0.4 is 0 Å². The van der Waals surface area contributed by atoms with Crippen molar-refractivity contribution in [3.63, 3.8) is 0 Å². The molecule has 0 saturated heterocycles. The van der Waals surface area contributed by atoms with Crippen LogP contribution in [-0.4, -0.2) is 9.97 Å². The molecule has 0 aliphatic heterocycles. The van der Waals surface area contributed by atoms with Crippen molar-refractivity contribution in [3.8, 4) is 44.1 Å². The van der Waals surface area contributed by atoms with Gasteiger partial charge in [0, 0.05) is 27.3 Å². The van der Waals surface area contributed by atoms with Gasteiger partial charge in [0.25, 0.3) is 0 Å². The summed E-state index contributed by atoms with van der Waals surface area (Å²) in [5.74, 6) is 0. The number of thiazole rings is 1. The molecule has 8 rings (SSSR count). The Kier molecular flexibility index (Phi) is 5.68. The molecule has 0 radical (unpaired) electrons. The average Bonchev–Trinajstić information content (AvgIpc) is 3.49. The van der Waals surface area contributed by atoms with Crippen LogP contribution >= 0.6 is 11.3 Å². The minimum absolute atomic E-state index is 1.01. The minimum atomic E-state index is 1.01. The zero-order valence-electron chi connectivity index (χ0n) is 22.2. The van der Waals surface area contributed by atoms with E-state index >= 15 is 0 Å². The van der Waals surface area contributed by atoms with Gasteiger partial charge in [-0.25, -0.2) is 9.97 Å². The first-order chi connectivity index (χ1) is 20.3. The Morgan fingerprint density at radius 2 is 1.07 bits per heavy atom. The molecule has 192 valence electrons. The van der Waals surface area contributed by atoms with E-state index in [0.717, 1.165) is 38.2 Å². The van der Waals surface area contributed by atoms with Crippen LogP contribution in [0.25, 0.3) is 76.0 Å². The first-order valence-corrected chi connectivity index (χ1v) is 14.6.